The van der Waals surface area contributed by atoms with Crippen molar-refractivity contribution in [2.75, 3.05) is 24.7 Å². The Hall–Kier alpha value is -2.43. The van der Waals surface area contributed by atoms with Crippen LogP contribution < -0.4 is 5.32 Å². The number of carbonyl (C=O) groups is 1. The highest BCUT2D eigenvalue weighted by Gasteiger charge is 2.21. The van der Waals surface area contributed by atoms with Crippen molar-refractivity contribution in [2.45, 2.75) is 35.5 Å². The van der Waals surface area contributed by atoms with Crippen molar-refractivity contribution >= 4 is 29.4 Å². The number of thioether (sulfide) groups is 2. The van der Waals surface area contributed by atoms with E-state index >= 15 is 0 Å². The molecule has 0 aliphatic carbocycles. The largest absolute Gasteiger partial charge is 0.377 e. The van der Waals surface area contributed by atoms with Crippen LogP contribution in [0.3, 0.4) is 0 Å². The summed E-state index contributed by atoms with van der Waals surface area (Å²) in [4.78, 5) is 16.4. The summed E-state index contributed by atoms with van der Waals surface area (Å²) in [5, 5.41) is 12.9. The summed E-state index contributed by atoms with van der Waals surface area (Å²) < 4.78 is 22.0. The number of carbonyl (C=O) groups excluding carboxylic acids is 1. The lowest BCUT2D eigenvalue weighted by Gasteiger charge is -2.13. The number of rotatable bonds is 10. The molecule has 3 heterocycles. The highest BCUT2D eigenvalue weighted by molar-refractivity contribution is 8.00. The molecule has 1 aromatic carbocycles. The number of halogens is 1. The SMILES string of the molecule is O=C(CSc1ccccn1)NCCc1nnc(SC[C@@H]2CCCO2)n1-c1ccccc1F. The zero-order valence-corrected chi connectivity index (χ0v) is 19.1. The van der Waals surface area contributed by atoms with Crippen molar-refractivity contribution in [1.29, 1.82) is 0 Å². The summed E-state index contributed by atoms with van der Waals surface area (Å²) in [6.07, 6.45) is 4.40. The van der Waals surface area contributed by atoms with Crippen molar-refractivity contribution < 1.29 is 13.9 Å². The third kappa shape index (κ3) is 6.08. The Labute approximate surface area is 194 Å². The molecule has 1 aliphatic heterocycles. The normalized spacial score (nSPS) is 15.7. The molecule has 168 valence electrons. The fourth-order valence-electron chi connectivity index (χ4n) is 3.31. The van der Waals surface area contributed by atoms with Gasteiger partial charge in [-0.3, -0.25) is 9.36 Å². The molecule has 0 radical (unpaired) electrons. The zero-order valence-electron chi connectivity index (χ0n) is 17.4. The van der Waals surface area contributed by atoms with Crippen LogP contribution in [0.15, 0.2) is 58.8 Å². The van der Waals surface area contributed by atoms with Gasteiger partial charge < -0.3 is 10.1 Å². The smallest absolute Gasteiger partial charge is 0.230 e. The highest BCUT2D eigenvalue weighted by atomic mass is 32.2. The van der Waals surface area contributed by atoms with Crippen molar-refractivity contribution in [3.63, 3.8) is 0 Å². The molecule has 1 saturated heterocycles. The molecule has 1 atom stereocenters. The van der Waals surface area contributed by atoms with Gasteiger partial charge in [0.2, 0.25) is 5.91 Å². The monoisotopic (exact) mass is 473 g/mol. The van der Waals surface area contributed by atoms with E-state index in [0.717, 1.165) is 30.2 Å². The second kappa shape index (κ2) is 11.4. The molecule has 3 aromatic rings. The van der Waals surface area contributed by atoms with Crippen LogP contribution in [0, 0.1) is 5.82 Å². The highest BCUT2D eigenvalue weighted by Crippen LogP contribution is 2.27. The van der Waals surface area contributed by atoms with Crippen LogP contribution in [0.25, 0.3) is 5.69 Å². The molecular weight excluding hydrogens is 449 g/mol. The quantitative estimate of drug-likeness (QED) is 0.451. The van der Waals surface area contributed by atoms with Gasteiger partial charge in [0.05, 0.1) is 22.6 Å². The maximum atomic E-state index is 14.6. The number of hydrogen-bond acceptors (Lipinski definition) is 7. The molecule has 0 unspecified atom stereocenters. The number of nitrogens with zero attached hydrogens (tertiary/aromatic N) is 4. The van der Waals surface area contributed by atoms with E-state index in [4.69, 9.17) is 4.74 Å². The standard InChI is InChI=1S/C22H24FN5O2S2/c23-17-7-1-2-8-18(17)28-19(26-27-22(28)32-14-16-6-5-13-30-16)10-12-24-20(29)15-31-21-9-3-4-11-25-21/h1-4,7-9,11,16H,5-6,10,12-15H2,(H,24,29)/t16-/m0/s1. The maximum absolute atomic E-state index is 14.6. The van der Waals surface area contributed by atoms with Gasteiger partial charge in [-0.2, -0.15) is 0 Å². The first kappa shape index (κ1) is 22.8. The third-order valence-electron chi connectivity index (χ3n) is 4.88. The van der Waals surface area contributed by atoms with Crippen molar-refractivity contribution in [3.05, 3.63) is 60.3 Å². The summed E-state index contributed by atoms with van der Waals surface area (Å²) in [6.45, 7) is 1.17. The minimum absolute atomic E-state index is 0.0920. The van der Waals surface area contributed by atoms with Crippen molar-refractivity contribution in [1.82, 2.24) is 25.1 Å². The number of ether oxygens (including phenoxy) is 1. The Bertz CT molecular complexity index is 1030. The fourth-order valence-corrected chi connectivity index (χ4v) is 5.03. The number of para-hydroxylation sites is 1. The van der Waals surface area contributed by atoms with Gasteiger partial charge in [-0.05, 0) is 37.1 Å². The average Bonchev–Trinajstić information content (AvgIpc) is 3.47. The number of nitrogens with one attached hydrogen (secondary N) is 1. The number of pyridine rings is 1. The minimum atomic E-state index is -0.344. The summed E-state index contributed by atoms with van der Waals surface area (Å²) in [5.74, 6) is 1.18. The van der Waals surface area contributed by atoms with Gasteiger partial charge in [0, 0.05) is 31.5 Å². The van der Waals surface area contributed by atoms with Crippen LogP contribution >= 0.6 is 23.5 Å². The van der Waals surface area contributed by atoms with Crippen LogP contribution in [0.4, 0.5) is 4.39 Å². The van der Waals surface area contributed by atoms with Crippen LogP contribution in [0.1, 0.15) is 18.7 Å². The lowest BCUT2D eigenvalue weighted by Crippen LogP contribution is -2.28. The number of amides is 1. The second-order valence-electron chi connectivity index (χ2n) is 7.19. The molecular formula is C22H24FN5O2S2. The van der Waals surface area contributed by atoms with Crippen LogP contribution in [-0.2, 0) is 16.0 Å². The van der Waals surface area contributed by atoms with Gasteiger partial charge in [-0.25, -0.2) is 9.37 Å². The molecule has 10 heteroatoms. The summed E-state index contributed by atoms with van der Waals surface area (Å²) >= 11 is 2.89. The van der Waals surface area contributed by atoms with Gasteiger partial charge in [-0.15, -0.1) is 10.2 Å². The Morgan fingerprint density at radius 3 is 2.84 bits per heavy atom. The number of hydrogen-bond donors (Lipinski definition) is 1. The van der Waals surface area contributed by atoms with Gasteiger partial charge in [0.15, 0.2) is 5.16 Å². The van der Waals surface area contributed by atoms with E-state index in [-0.39, 0.29) is 23.6 Å². The second-order valence-corrected chi connectivity index (χ2v) is 9.17. The summed E-state index contributed by atoms with van der Waals surface area (Å²) in [6, 6.07) is 12.2. The number of benzene rings is 1. The molecule has 0 bridgehead atoms. The van der Waals surface area contributed by atoms with Crippen molar-refractivity contribution in [3.8, 4) is 5.69 Å². The molecule has 7 nitrogen and oxygen atoms in total. The first-order chi connectivity index (χ1) is 15.7. The molecule has 4 rings (SSSR count). The predicted molar refractivity (Wildman–Crippen MR) is 123 cm³/mol. The maximum Gasteiger partial charge on any atom is 0.230 e. The molecule has 1 aliphatic rings. The molecule has 2 aromatic heterocycles. The van der Waals surface area contributed by atoms with Crippen LogP contribution in [-0.4, -0.2) is 56.4 Å². The van der Waals surface area contributed by atoms with Crippen molar-refractivity contribution in [2.24, 2.45) is 0 Å². The van der Waals surface area contributed by atoms with Gasteiger partial charge in [0.1, 0.15) is 11.6 Å². The molecule has 0 spiro atoms. The first-order valence-corrected chi connectivity index (χ1v) is 12.4. The van der Waals surface area contributed by atoms with Gasteiger partial charge in [-0.1, -0.05) is 41.7 Å². The van der Waals surface area contributed by atoms with Gasteiger partial charge in [0.25, 0.3) is 0 Å². The Kier molecular flexibility index (Phi) is 8.13. The molecule has 1 N–H and O–H groups in total. The topological polar surface area (TPSA) is 81.9 Å². The Balaban J connectivity index is 1.38. The molecule has 32 heavy (non-hydrogen) atoms. The van der Waals surface area contributed by atoms with E-state index in [1.807, 2.05) is 18.2 Å². The first-order valence-electron chi connectivity index (χ1n) is 10.4. The molecule has 1 amide bonds. The fraction of sp³-hybridized carbons (Fsp3) is 0.364. The van der Waals surface area contributed by atoms with E-state index < -0.39 is 0 Å². The third-order valence-corrected chi connectivity index (χ3v) is 6.88. The molecule has 1 fully saturated rings. The lowest BCUT2D eigenvalue weighted by atomic mass is 10.3. The predicted octanol–water partition coefficient (Wildman–Crippen LogP) is 3.52. The minimum Gasteiger partial charge on any atom is -0.377 e. The van der Waals surface area contributed by atoms with Crippen LogP contribution in [0.5, 0.6) is 0 Å². The zero-order chi connectivity index (χ0) is 22.2. The van der Waals surface area contributed by atoms with Crippen LogP contribution in [0.2, 0.25) is 0 Å². The van der Waals surface area contributed by atoms with E-state index in [9.17, 15) is 9.18 Å². The average molecular weight is 474 g/mol. The molecule has 0 saturated carbocycles. The van der Waals surface area contributed by atoms with E-state index in [1.165, 1.54) is 29.6 Å². The van der Waals surface area contributed by atoms with E-state index in [2.05, 4.69) is 20.5 Å². The number of aromatic nitrogens is 4. The van der Waals surface area contributed by atoms with Gasteiger partial charge >= 0.3 is 0 Å². The summed E-state index contributed by atoms with van der Waals surface area (Å²) in [7, 11) is 0. The Morgan fingerprint density at radius 1 is 1.19 bits per heavy atom. The summed E-state index contributed by atoms with van der Waals surface area (Å²) in [5.41, 5.74) is 0.402. The lowest BCUT2D eigenvalue weighted by molar-refractivity contribution is -0.118. The van der Waals surface area contributed by atoms with E-state index in [1.54, 1.807) is 29.0 Å². The van der Waals surface area contributed by atoms with E-state index in [0.29, 0.717) is 29.6 Å². The Morgan fingerprint density at radius 2 is 2.06 bits per heavy atom.